The van der Waals surface area contributed by atoms with Gasteiger partial charge in [0.25, 0.3) is 0 Å². The van der Waals surface area contributed by atoms with Crippen molar-refractivity contribution >= 4 is 0 Å². The molecular formula is C15H22N2O3. The average Bonchev–Trinajstić information content (AvgIpc) is 2.96. The lowest BCUT2D eigenvalue weighted by Gasteiger charge is -2.22. The smallest absolute Gasteiger partial charge is 0.231 e. The van der Waals surface area contributed by atoms with Crippen molar-refractivity contribution in [3.8, 4) is 17.2 Å². The maximum Gasteiger partial charge on any atom is 0.231 e. The molecule has 5 heteroatoms. The van der Waals surface area contributed by atoms with Crippen molar-refractivity contribution < 1.29 is 14.6 Å². The topological polar surface area (TPSA) is 45.2 Å². The van der Waals surface area contributed by atoms with E-state index in [1.165, 1.54) is 0 Å². The van der Waals surface area contributed by atoms with Crippen molar-refractivity contribution in [2.75, 3.05) is 34.0 Å². The number of likely N-dealkylation sites (N-methyl/N-ethyl adjacent to an activating group) is 1. The normalized spacial score (nSPS) is 25.6. The Morgan fingerprint density at radius 1 is 1.25 bits per heavy atom. The van der Waals surface area contributed by atoms with Crippen LogP contribution in [0, 0.1) is 5.92 Å². The number of hydrogen-bond acceptors (Lipinski definition) is 5. The quantitative estimate of drug-likeness (QED) is 0.908. The summed E-state index contributed by atoms with van der Waals surface area (Å²) < 4.78 is 10.6. The minimum Gasteiger partial charge on any atom is -0.507 e. The second-order valence-electron chi connectivity index (χ2n) is 6.04. The Morgan fingerprint density at radius 2 is 1.95 bits per heavy atom. The monoisotopic (exact) mass is 278 g/mol. The minimum atomic E-state index is 0.238. The molecule has 0 aliphatic carbocycles. The fraction of sp³-hybridized carbons (Fsp3) is 0.600. The number of fused-ring (bicyclic) bond motifs is 1. The molecule has 1 N–H and O–H groups in total. The zero-order chi connectivity index (χ0) is 14.3. The number of ether oxygens (including phenoxy) is 2. The average molecular weight is 278 g/mol. The highest BCUT2D eigenvalue weighted by molar-refractivity contribution is 5.51. The van der Waals surface area contributed by atoms with Gasteiger partial charge in [0.1, 0.15) is 5.75 Å². The molecule has 2 unspecified atom stereocenters. The van der Waals surface area contributed by atoms with E-state index in [0.717, 1.165) is 30.9 Å². The van der Waals surface area contributed by atoms with Gasteiger partial charge < -0.3 is 19.5 Å². The van der Waals surface area contributed by atoms with E-state index in [4.69, 9.17) is 9.47 Å². The summed E-state index contributed by atoms with van der Waals surface area (Å²) in [6.45, 7) is 5.35. The lowest BCUT2D eigenvalue weighted by Crippen LogP contribution is -2.34. The summed E-state index contributed by atoms with van der Waals surface area (Å²) >= 11 is 0. The first-order valence-electron chi connectivity index (χ1n) is 7.05. The number of aromatic hydroxyl groups is 1. The number of nitrogens with zero attached hydrogens (tertiary/aromatic N) is 2. The number of likely N-dealkylation sites (tertiary alicyclic amines) is 1. The highest BCUT2D eigenvalue weighted by atomic mass is 16.7. The van der Waals surface area contributed by atoms with Gasteiger partial charge in [-0.1, -0.05) is 6.92 Å². The lowest BCUT2D eigenvalue weighted by molar-refractivity contribution is 0.174. The zero-order valence-corrected chi connectivity index (χ0v) is 12.3. The van der Waals surface area contributed by atoms with Crippen LogP contribution in [0.15, 0.2) is 12.1 Å². The Balaban J connectivity index is 1.73. The third kappa shape index (κ3) is 2.43. The molecule has 0 aromatic heterocycles. The van der Waals surface area contributed by atoms with Crippen LogP contribution in [0.5, 0.6) is 17.2 Å². The van der Waals surface area contributed by atoms with E-state index in [9.17, 15) is 5.11 Å². The first kappa shape index (κ1) is 13.5. The summed E-state index contributed by atoms with van der Waals surface area (Å²) in [5.41, 5.74) is 0.904. The molecule has 20 heavy (non-hydrogen) atoms. The van der Waals surface area contributed by atoms with Crippen LogP contribution in [0.1, 0.15) is 12.5 Å². The zero-order valence-electron chi connectivity index (χ0n) is 12.3. The molecular weight excluding hydrogens is 256 g/mol. The van der Waals surface area contributed by atoms with Crippen LogP contribution in [0.4, 0.5) is 0 Å². The standard InChI is InChI=1S/C15H22N2O3/c1-10-6-17(8-12(10)16(2)3)7-11-4-14-15(5-13(11)18)20-9-19-14/h4-5,10,12,18H,6-9H2,1-3H3. The number of phenolic OH excluding ortho intramolecular Hbond substituents is 1. The molecule has 0 amide bonds. The molecule has 0 saturated carbocycles. The number of benzene rings is 1. The van der Waals surface area contributed by atoms with Gasteiger partial charge in [-0.25, -0.2) is 0 Å². The van der Waals surface area contributed by atoms with Crippen molar-refractivity contribution in [2.24, 2.45) is 5.92 Å². The van der Waals surface area contributed by atoms with Gasteiger partial charge >= 0.3 is 0 Å². The fourth-order valence-electron chi connectivity index (χ4n) is 3.19. The molecule has 3 rings (SSSR count). The molecule has 1 fully saturated rings. The summed E-state index contributed by atoms with van der Waals surface area (Å²) in [5, 5.41) is 10.1. The summed E-state index contributed by atoms with van der Waals surface area (Å²) in [5.74, 6) is 2.29. The third-order valence-electron chi connectivity index (χ3n) is 4.28. The Hall–Kier alpha value is -1.46. The maximum absolute atomic E-state index is 10.1. The van der Waals surface area contributed by atoms with Gasteiger partial charge in [-0.05, 0) is 26.1 Å². The number of rotatable bonds is 3. The molecule has 5 nitrogen and oxygen atoms in total. The number of phenols is 1. The van der Waals surface area contributed by atoms with Crippen LogP contribution in [0.2, 0.25) is 0 Å². The largest absolute Gasteiger partial charge is 0.507 e. The molecule has 2 atom stereocenters. The van der Waals surface area contributed by atoms with Gasteiger partial charge in [-0.2, -0.15) is 0 Å². The summed E-state index contributed by atoms with van der Waals surface area (Å²) in [7, 11) is 4.26. The Labute approximate surface area is 119 Å². The number of hydrogen-bond donors (Lipinski definition) is 1. The minimum absolute atomic E-state index is 0.238. The molecule has 0 radical (unpaired) electrons. The molecule has 1 saturated heterocycles. The summed E-state index contributed by atoms with van der Waals surface area (Å²) in [6.07, 6.45) is 0. The van der Waals surface area contributed by atoms with Crippen molar-refractivity contribution in [3.63, 3.8) is 0 Å². The summed E-state index contributed by atoms with van der Waals surface area (Å²) in [6, 6.07) is 4.12. The van der Waals surface area contributed by atoms with Gasteiger partial charge in [0, 0.05) is 37.3 Å². The molecule has 0 spiro atoms. The van der Waals surface area contributed by atoms with E-state index in [1.54, 1.807) is 6.07 Å². The predicted octanol–water partition coefficient (Wildman–Crippen LogP) is 1.50. The Kier molecular flexibility index (Phi) is 3.48. The van der Waals surface area contributed by atoms with Gasteiger partial charge in [-0.15, -0.1) is 0 Å². The van der Waals surface area contributed by atoms with Gasteiger partial charge in [0.2, 0.25) is 6.79 Å². The fourth-order valence-corrected chi connectivity index (χ4v) is 3.19. The van der Waals surface area contributed by atoms with Gasteiger partial charge in [0.05, 0.1) is 0 Å². The van der Waals surface area contributed by atoms with Crippen LogP contribution in [-0.4, -0.2) is 54.9 Å². The van der Waals surface area contributed by atoms with Crippen molar-refractivity contribution in [1.29, 1.82) is 0 Å². The van der Waals surface area contributed by atoms with Gasteiger partial charge in [0.15, 0.2) is 11.5 Å². The van der Waals surface area contributed by atoms with E-state index in [2.05, 4.69) is 30.8 Å². The second kappa shape index (κ2) is 5.14. The first-order chi connectivity index (χ1) is 9.54. The first-order valence-corrected chi connectivity index (χ1v) is 7.05. The molecule has 0 bridgehead atoms. The van der Waals surface area contributed by atoms with Crippen LogP contribution in [-0.2, 0) is 6.54 Å². The van der Waals surface area contributed by atoms with Crippen LogP contribution in [0.3, 0.4) is 0 Å². The molecule has 2 aliphatic heterocycles. The van der Waals surface area contributed by atoms with Crippen LogP contribution >= 0.6 is 0 Å². The lowest BCUT2D eigenvalue weighted by atomic mass is 10.1. The maximum atomic E-state index is 10.1. The summed E-state index contributed by atoms with van der Waals surface area (Å²) in [4.78, 5) is 4.66. The van der Waals surface area contributed by atoms with E-state index < -0.39 is 0 Å². The van der Waals surface area contributed by atoms with Crippen molar-refractivity contribution in [3.05, 3.63) is 17.7 Å². The van der Waals surface area contributed by atoms with E-state index >= 15 is 0 Å². The van der Waals surface area contributed by atoms with E-state index in [0.29, 0.717) is 17.7 Å². The van der Waals surface area contributed by atoms with Crippen molar-refractivity contribution in [2.45, 2.75) is 19.5 Å². The second-order valence-corrected chi connectivity index (χ2v) is 6.04. The predicted molar refractivity (Wildman–Crippen MR) is 76.1 cm³/mol. The van der Waals surface area contributed by atoms with Gasteiger partial charge in [-0.3, -0.25) is 4.90 Å². The Morgan fingerprint density at radius 3 is 2.60 bits per heavy atom. The highest BCUT2D eigenvalue weighted by Crippen LogP contribution is 2.38. The third-order valence-corrected chi connectivity index (χ3v) is 4.28. The molecule has 110 valence electrons. The highest BCUT2D eigenvalue weighted by Gasteiger charge is 2.31. The molecule has 1 aromatic rings. The molecule has 2 aliphatic rings. The molecule has 1 aromatic carbocycles. The van der Waals surface area contributed by atoms with E-state index in [1.807, 2.05) is 6.07 Å². The van der Waals surface area contributed by atoms with Crippen LogP contribution < -0.4 is 9.47 Å². The Bertz CT molecular complexity index is 504. The molecule has 2 heterocycles. The van der Waals surface area contributed by atoms with Crippen LogP contribution in [0.25, 0.3) is 0 Å². The van der Waals surface area contributed by atoms with Crippen molar-refractivity contribution in [1.82, 2.24) is 9.80 Å². The SMILES string of the molecule is CC1CN(Cc2cc3c(cc2O)OCO3)CC1N(C)C. The van der Waals surface area contributed by atoms with E-state index in [-0.39, 0.29) is 12.5 Å².